The van der Waals surface area contributed by atoms with E-state index >= 15 is 0 Å². The Bertz CT molecular complexity index is 712. The van der Waals surface area contributed by atoms with E-state index in [2.05, 4.69) is 0 Å². The number of hydrogen-bond donors (Lipinski definition) is 0. The molecule has 1 saturated carbocycles. The zero-order valence-corrected chi connectivity index (χ0v) is 17.1. The molecule has 0 bridgehead atoms. The van der Waals surface area contributed by atoms with Crippen LogP contribution in [-0.2, 0) is 9.53 Å². The number of carbonyl (C=O) groups excluding carboxylic acids is 3. The monoisotopic (exact) mass is 402 g/mol. The summed E-state index contributed by atoms with van der Waals surface area (Å²) in [6.07, 6.45) is 5.48. The largest absolute Gasteiger partial charge is 0.513 e. The Kier molecular flexibility index (Phi) is 7.49. The van der Waals surface area contributed by atoms with Gasteiger partial charge in [-0.3, -0.25) is 9.59 Å². The number of rotatable bonds is 5. The van der Waals surface area contributed by atoms with Crippen molar-refractivity contribution in [3.8, 4) is 5.75 Å². The molecule has 0 aromatic heterocycles. The molecule has 2 amide bonds. The first-order valence-corrected chi connectivity index (χ1v) is 10.6. The maximum Gasteiger partial charge on any atom is 0.513 e. The minimum atomic E-state index is -0.763. The molecule has 1 aromatic carbocycles. The minimum absolute atomic E-state index is 0.0715. The van der Waals surface area contributed by atoms with E-state index in [-0.39, 0.29) is 18.4 Å². The highest BCUT2D eigenvalue weighted by Crippen LogP contribution is 2.28. The topological polar surface area (TPSA) is 76.2 Å². The highest BCUT2D eigenvalue weighted by molar-refractivity contribution is 5.94. The smallest absolute Gasteiger partial charge is 0.434 e. The quantitative estimate of drug-likeness (QED) is 0.557. The van der Waals surface area contributed by atoms with Gasteiger partial charge < -0.3 is 19.3 Å². The molecule has 1 heterocycles. The highest BCUT2D eigenvalue weighted by Gasteiger charge is 2.25. The van der Waals surface area contributed by atoms with Gasteiger partial charge in [-0.15, -0.1) is 0 Å². The minimum Gasteiger partial charge on any atom is -0.434 e. The van der Waals surface area contributed by atoms with Crippen LogP contribution in [0.15, 0.2) is 24.3 Å². The summed E-state index contributed by atoms with van der Waals surface area (Å²) < 4.78 is 9.75. The fourth-order valence-electron chi connectivity index (χ4n) is 4.05. The molecular formula is C22H30N2O5. The molecule has 1 aliphatic carbocycles. The van der Waals surface area contributed by atoms with Crippen molar-refractivity contribution in [3.63, 3.8) is 0 Å². The molecule has 1 aliphatic heterocycles. The number of carbonyl (C=O) groups is 3. The lowest BCUT2D eigenvalue weighted by Crippen LogP contribution is -2.37. The third-order valence-corrected chi connectivity index (χ3v) is 5.64. The SMILES string of the molecule is CCOC(=O)Oc1ccc(C(=O)N2CCCN(C(=O)CC3CCCC3)CC2)cc1. The summed E-state index contributed by atoms with van der Waals surface area (Å²) in [6.45, 7) is 4.41. The standard InChI is InChI=1S/C22H30N2O5/c1-2-28-22(27)29-19-10-8-18(9-11-19)21(26)24-13-5-12-23(14-15-24)20(25)16-17-6-3-4-7-17/h8-11,17H,2-7,12-16H2,1H3. The summed E-state index contributed by atoms with van der Waals surface area (Å²) >= 11 is 0. The third kappa shape index (κ3) is 5.95. The van der Waals surface area contributed by atoms with E-state index in [0.29, 0.717) is 49.8 Å². The Hall–Kier alpha value is -2.57. The number of hydrogen-bond acceptors (Lipinski definition) is 5. The van der Waals surface area contributed by atoms with Gasteiger partial charge >= 0.3 is 6.16 Å². The van der Waals surface area contributed by atoms with Crippen molar-refractivity contribution < 1.29 is 23.9 Å². The Labute approximate surface area is 171 Å². The Balaban J connectivity index is 1.52. The summed E-state index contributed by atoms with van der Waals surface area (Å²) in [5, 5.41) is 0. The molecule has 1 aromatic rings. The van der Waals surface area contributed by atoms with Crippen LogP contribution in [0.5, 0.6) is 5.75 Å². The molecule has 1 saturated heterocycles. The average molecular weight is 402 g/mol. The molecule has 0 atom stereocenters. The Morgan fingerprint density at radius 3 is 2.28 bits per heavy atom. The van der Waals surface area contributed by atoms with Crippen LogP contribution in [0.3, 0.4) is 0 Å². The van der Waals surface area contributed by atoms with Crippen molar-refractivity contribution in [3.05, 3.63) is 29.8 Å². The van der Waals surface area contributed by atoms with E-state index in [4.69, 9.17) is 9.47 Å². The van der Waals surface area contributed by atoms with Crippen molar-refractivity contribution in [1.82, 2.24) is 9.80 Å². The molecule has 7 heteroatoms. The molecule has 3 rings (SSSR count). The lowest BCUT2D eigenvalue weighted by atomic mass is 10.0. The van der Waals surface area contributed by atoms with E-state index in [1.165, 1.54) is 25.7 Å². The van der Waals surface area contributed by atoms with Gasteiger partial charge in [-0.1, -0.05) is 12.8 Å². The van der Waals surface area contributed by atoms with Crippen LogP contribution in [0.4, 0.5) is 4.79 Å². The lowest BCUT2D eigenvalue weighted by molar-refractivity contribution is -0.132. The van der Waals surface area contributed by atoms with Gasteiger partial charge in [-0.25, -0.2) is 4.79 Å². The second kappa shape index (κ2) is 10.3. The summed E-state index contributed by atoms with van der Waals surface area (Å²) in [7, 11) is 0. The molecule has 29 heavy (non-hydrogen) atoms. The summed E-state index contributed by atoms with van der Waals surface area (Å²) in [5.74, 6) is 1.03. The van der Waals surface area contributed by atoms with E-state index in [1.54, 1.807) is 36.1 Å². The third-order valence-electron chi connectivity index (χ3n) is 5.64. The fourth-order valence-corrected chi connectivity index (χ4v) is 4.05. The molecule has 2 aliphatic rings. The second-order valence-corrected chi connectivity index (χ2v) is 7.69. The number of amides is 2. The van der Waals surface area contributed by atoms with Gasteiger partial charge in [0, 0.05) is 38.2 Å². The lowest BCUT2D eigenvalue weighted by Gasteiger charge is -2.23. The maximum absolute atomic E-state index is 12.8. The van der Waals surface area contributed by atoms with E-state index in [1.807, 2.05) is 4.90 Å². The molecule has 158 valence electrons. The maximum atomic E-state index is 12.8. The van der Waals surface area contributed by atoms with Crippen molar-refractivity contribution in [2.24, 2.45) is 5.92 Å². The van der Waals surface area contributed by atoms with Gasteiger partial charge in [0.25, 0.3) is 5.91 Å². The zero-order valence-electron chi connectivity index (χ0n) is 17.1. The van der Waals surface area contributed by atoms with Gasteiger partial charge in [-0.2, -0.15) is 0 Å². The number of nitrogens with zero attached hydrogens (tertiary/aromatic N) is 2. The number of ether oxygens (including phenoxy) is 2. The van der Waals surface area contributed by atoms with Crippen LogP contribution >= 0.6 is 0 Å². The summed E-state index contributed by atoms with van der Waals surface area (Å²) in [5.41, 5.74) is 0.534. The van der Waals surface area contributed by atoms with Crippen LogP contribution < -0.4 is 4.74 Å². The first-order chi connectivity index (χ1) is 14.1. The van der Waals surface area contributed by atoms with Crippen molar-refractivity contribution in [1.29, 1.82) is 0 Å². The zero-order chi connectivity index (χ0) is 20.6. The molecule has 0 radical (unpaired) electrons. The normalized spacial score (nSPS) is 17.7. The molecule has 7 nitrogen and oxygen atoms in total. The predicted molar refractivity (Wildman–Crippen MR) is 108 cm³/mol. The second-order valence-electron chi connectivity index (χ2n) is 7.69. The highest BCUT2D eigenvalue weighted by atomic mass is 16.7. The fraction of sp³-hybridized carbons (Fsp3) is 0.591. The van der Waals surface area contributed by atoms with Crippen molar-refractivity contribution in [2.45, 2.75) is 45.4 Å². The number of benzene rings is 1. The van der Waals surface area contributed by atoms with Crippen molar-refractivity contribution >= 4 is 18.0 Å². The van der Waals surface area contributed by atoms with Gasteiger partial charge in [0.15, 0.2) is 0 Å². The van der Waals surface area contributed by atoms with Crippen LogP contribution in [0.2, 0.25) is 0 Å². The van der Waals surface area contributed by atoms with Crippen LogP contribution in [-0.4, -0.2) is 60.6 Å². The molecule has 2 fully saturated rings. The first-order valence-electron chi connectivity index (χ1n) is 10.6. The summed E-state index contributed by atoms with van der Waals surface area (Å²) in [6, 6.07) is 6.45. The van der Waals surface area contributed by atoms with Gasteiger partial charge in [0.05, 0.1) is 6.61 Å². The molecule has 0 spiro atoms. The van der Waals surface area contributed by atoms with E-state index < -0.39 is 6.16 Å². The molecular weight excluding hydrogens is 372 g/mol. The molecule has 0 unspecified atom stereocenters. The average Bonchev–Trinajstić information content (AvgIpc) is 3.09. The van der Waals surface area contributed by atoms with Crippen LogP contribution in [0.1, 0.15) is 55.8 Å². The molecule has 0 N–H and O–H groups in total. The van der Waals surface area contributed by atoms with Gasteiger partial charge in [-0.05, 0) is 56.4 Å². The summed E-state index contributed by atoms with van der Waals surface area (Å²) in [4.78, 5) is 40.5. The Morgan fingerprint density at radius 1 is 0.931 bits per heavy atom. The van der Waals surface area contributed by atoms with Crippen molar-refractivity contribution in [2.75, 3.05) is 32.8 Å². The van der Waals surface area contributed by atoms with Gasteiger partial charge in [0.2, 0.25) is 5.91 Å². The Morgan fingerprint density at radius 2 is 1.59 bits per heavy atom. The van der Waals surface area contributed by atoms with Crippen LogP contribution in [0.25, 0.3) is 0 Å². The van der Waals surface area contributed by atoms with E-state index in [9.17, 15) is 14.4 Å². The first kappa shape index (κ1) is 21.1. The van der Waals surface area contributed by atoms with E-state index in [0.717, 1.165) is 6.42 Å². The van der Waals surface area contributed by atoms with Gasteiger partial charge in [0.1, 0.15) is 5.75 Å². The predicted octanol–water partition coefficient (Wildman–Crippen LogP) is 3.48. The van der Waals surface area contributed by atoms with Crippen LogP contribution in [0, 0.1) is 5.92 Å².